The number of hydrogen-bond acceptors (Lipinski definition) is 3. The summed E-state index contributed by atoms with van der Waals surface area (Å²) >= 11 is 0. The Bertz CT molecular complexity index is 621. The number of carbonyl (C=O) groups excluding carboxylic acids is 1. The molecule has 23 heavy (non-hydrogen) atoms. The molecule has 1 amide bonds. The maximum absolute atomic E-state index is 13.3. The Morgan fingerprint density at radius 2 is 2.04 bits per heavy atom. The van der Waals surface area contributed by atoms with E-state index in [1.54, 1.807) is 11.9 Å². The highest BCUT2D eigenvalue weighted by atomic mass is 19.2. The number of amides is 1. The van der Waals surface area contributed by atoms with E-state index >= 15 is 0 Å². The summed E-state index contributed by atoms with van der Waals surface area (Å²) in [6, 6.07) is 5.69. The van der Waals surface area contributed by atoms with Crippen molar-refractivity contribution in [3.05, 3.63) is 35.4 Å². The topological polar surface area (TPSA) is 56.1 Å². The highest BCUT2D eigenvalue weighted by molar-refractivity contribution is 5.79. The minimum Gasteiger partial charge on any atom is -0.337 e. The highest BCUT2D eigenvalue weighted by Crippen LogP contribution is 2.29. The zero-order chi connectivity index (χ0) is 17.0. The van der Waals surface area contributed by atoms with Crippen LogP contribution >= 0.6 is 0 Å². The maximum Gasteiger partial charge on any atom is 0.235 e. The Labute approximate surface area is 135 Å². The molecule has 124 valence electrons. The largest absolute Gasteiger partial charge is 0.337 e. The Hall–Kier alpha value is -2.00. The lowest BCUT2D eigenvalue weighted by atomic mass is 10.00. The van der Waals surface area contributed by atoms with Gasteiger partial charge in [-0.2, -0.15) is 5.26 Å². The van der Waals surface area contributed by atoms with E-state index in [9.17, 15) is 18.8 Å². The molecular formula is C17H21F2N3O. The Kier molecular flexibility index (Phi) is 5.32. The molecule has 1 aliphatic carbocycles. The molecule has 0 unspecified atom stereocenters. The van der Waals surface area contributed by atoms with Crippen LogP contribution in [0.2, 0.25) is 0 Å². The summed E-state index contributed by atoms with van der Waals surface area (Å²) in [5.74, 6) is -2.02. The van der Waals surface area contributed by atoms with Crippen molar-refractivity contribution in [2.24, 2.45) is 0 Å². The average molecular weight is 321 g/mol. The highest BCUT2D eigenvalue weighted by Gasteiger charge is 2.35. The predicted octanol–water partition coefficient (Wildman–Crippen LogP) is 2.91. The summed E-state index contributed by atoms with van der Waals surface area (Å²) in [4.78, 5) is 13.9. The second-order valence-electron chi connectivity index (χ2n) is 6.21. The van der Waals surface area contributed by atoms with Crippen molar-refractivity contribution in [2.45, 2.75) is 44.2 Å². The van der Waals surface area contributed by atoms with E-state index in [2.05, 4.69) is 11.4 Å². The monoisotopic (exact) mass is 321 g/mol. The Morgan fingerprint density at radius 1 is 1.39 bits per heavy atom. The molecule has 2 rings (SSSR count). The average Bonchev–Trinajstić information content (AvgIpc) is 2.98. The first-order chi connectivity index (χ1) is 10.9. The quantitative estimate of drug-likeness (QED) is 0.907. The van der Waals surface area contributed by atoms with Gasteiger partial charge < -0.3 is 5.32 Å². The third-order valence-electron chi connectivity index (χ3n) is 4.53. The molecule has 0 aliphatic heterocycles. The van der Waals surface area contributed by atoms with E-state index in [0.717, 1.165) is 25.0 Å². The zero-order valence-electron chi connectivity index (χ0n) is 13.4. The molecule has 4 nitrogen and oxygen atoms in total. The molecule has 1 aromatic carbocycles. The lowest BCUT2D eigenvalue weighted by molar-refractivity contribution is -0.123. The van der Waals surface area contributed by atoms with Crippen molar-refractivity contribution >= 4 is 5.91 Å². The number of nitriles is 1. The third kappa shape index (κ3) is 4.05. The van der Waals surface area contributed by atoms with Crippen molar-refractivity contribution < 1.29 is 13.6 Å². The molecule has 1 aromatic rings. The SMILES string of the molecule is C[C@@H](c1ccc(F)c(F)c1)N(C)CC(=O)NC1(C#N)CCCC1. The molecule has 0 heterocycles. The molecule has 0 bridgehead atoms. The van der Waals surface area contributed by atoms with Gasteiger partial charge in [-0.25, -0.2) is 8.78 Å². The van der Waals surface area contributed by atoms with E-state index in [1.807, 2.05) is 6.92 Å². The molecule has 1 fully saturated rings. The van der Waals surface area contributed by atoms with Crippen LogP contribution in [0.5, 0.6) is 0 Å². The molecule has 0 spiro atoms. The molecular weight excluding hydrogens is 300 g/mol. The van der Waals surface area contributed by atoms with E-state index in [0.29, 0.717) is 18.4 Å². The second-order valence-corrected chi connectivity index (χ2v) is 6.21. The van der Waals surface area contributed by atoms with Gasteiger partial charge in [-0.1, -0.05) is 6.07 Å². The lowest BCUT2D eigenvalue weighted by Crippen LogP contribution is -2.48. The molecule has 1 aliphatic rings. The maximum atomic E-state index is 13.3. The van der Waals surface area contributed by atoms with Crippen molar-refractivity contribution in [1.82, 2.24) is 10.2 Å². The Balaban J connectivity index is 1.97. The summed E-state index contributed by atoms with van der Waals surface area (Å²) in [7, 11) is 1.74. The third-order valence-corrected chi connectivity index (χ3v) is 4.53. The smallest absolute Gasteiger partial charge is 0.235 e. The summed E-state index contributed by atoms with van der Waals surface area (Å²) in [6.07, 6.45) is 3.24. The van der Waals surface area contributed by atoms with Crippen molar-refractivity contribution in [3.63, 3.8) is 0 Å². The van der Waals surface area contributed by atoms with Gasteiger partial charge in [-0.15, -0.1) is 0 Å². The van der Waals surface area contributed by atoms with Crippen LogP contribution in [0.3, 0.4) is 0 Å². The van der Waals surface area contributed by atoms with Crippen LogP contribution in [0, 0.1) is 23.0 Å². The first-order valence-corrected chi connectivity index (χ1v) is 7.74. The normalized spacial score (nSPS) is 17.7. The van der Waals surface area contributed by atoms with Gasteiger partial charge in [-0.05, 0) is 57.4 Å². The molecule has 1 saturated carbocycles. The van der Waals surface area contributed by atoms with E-state index in [1.165, 1.54) is 6.07 Å². The van der Waals surface area contributed by atoms with Crippen LogP contribution in [-0.4, -0.2) is 29.9 Å². The fourth-order valence-electron chi connectivity index (χ4n) is 2.94. The van der Waals surface area contributed by atoms with Crippen LogP contribution < -0.4 is 5.32 Å². The van der Waals surface area contributed by atoms with Crippen molar-refractivity contribution in [3.8, 4) is 6.07 Å². The first kappa shape index (κ1) is 17.4. The summed E-state index contributed by atoms with van der Waals surface area (Å²) in [6.45, 7) is 1.90. The van der Waals surface area contributed by atoms with Gasteiger partial charge in [0.2, 0.25) is 5.91 Å². The number of likely N-dealkylation sites (N-methyl/N-ethyl adjacent to an activating group) is 1. The molecule has 6 heteroatoms. The molecule has 0 aromatic heterocycles. The minimum absolute atomic E-state index is 0.0869. The number of rotatable bonds is 5. The van der Waals surface area contributed by atoms with Crippen molar-refractivity contribution in [1.29, 1.82) is 5.26 Å². The van der Waals surface area contributed by atoms with Crippen LogP contribution in [0.25, 0.3) is 0 Å². The molecule has 1 N–H and O–H groups in total. The fraction of sp³-hybridized carbons (Fsp3) is 0.529. The van der Waals surface area contributed by atoms with E-state index in [-0.39, 0.29) is 18.5 Å². The number of hydrogen-bond donors (Lipinski definition) is 1. The van der Waals surface area contributed by atoms with Crippen LogP contribution in [0.15, 0.2) is 18.2 Å². The molecule has 0 radical (unpaired) electrons. The standard InChI is InChI=1S/C17H21F2N3O/c1-12(13-5-6-14(18)15(19)9-13)22(2)10-16(23)21-17(11-20)7-3-4-8-17/h5-6,9,12H,3-4,7-8,10H2,1-2H3,(H,21,23)/t12-/m0/s1. The van der Waals surface area contributed by atoms with Gasteiger partial charge in [-0.3, -0.25) is 9.69 Å². The molecule has 1 atom stereocenters. The van der Waals surface area contributed by atoms with Crippen LogP contribution in [0.4, 0.5) is 8.78 Å². The van der Waals surface area contributed by atoms with Gasteiger partial charge in [0.05, 0.1) is 12.6 Å². The number of halogens is 2. The predicted molar refractivity (Wildman–Crippen MR) is 82.4 cm³/mol. The van der Waals surface area contributed by atoms with Gasteiger partial charge in [0.25, 0.3) is 0 Å². The van der Waals surface area contributed by atoms with E-state index < -0.39 is 17.2 Å². The Morgan fingerprint density at radius 3 is 2.61 bits per heavy atom. The molecule has 0 saturated heterocycles. The van der Waals surface area contributed by atoms with Crippen LogP contribution in [-0.2, 0) is 4.79 Å². The lowest BCUT2D eigenvalue weighted by Gasteiger charge is -2.27. The number of nitrogens with one attached hydrogen (secondary N) is 1. The van der Waals surface area contributed by atoms with Gasteiger partial charge in [0.15, 0.2) is 11.6 Å². The van der Waals surface area contributed by atoms with Gasteiger partial charge in [0, 0.05) is 6.04 Å². The fourth-order valence-corrected chi connectivity index (χ4v) is 2.94. The van der Waals surface area contributed by atoms with Gasteiger partial charge in [0.1, 0.15) is 5.54 Å². The van der Waals surface area contributed by atoms with Crippen LogP contribution in [0.1, 0.15) is 44.2 Å². The number of nitrogens with zero attached hydrogens (tertiary/aromatic N) is 2. The minimum atomic E-state index is -0.901. The number of carbonyl (C=O) groups is 1. The summed E-state index contributed by atoms with van der Waals surface area (Å²) < 4.78 is 26.3. The zero-order valence-corrected chi connectivity index (χ0v) is 13.4. The summed E-state index contributed by atoms with van der Waals surface area (Å²) in [5, 5.41) is 12.1. The number of benzene rings is 1. The van der Waals surface area contributed by atoms with E-state index in [4.69, 9.17) is 0 Å². The van der Waals surface area contributed by atoms with Gasteiger partial charge >= 0.3 is 0 Å². The summed E-state index contributed by atoms with van der Waals surface area (Å²) in [5.41, 5.74) is -0.154. The second kappa shape index (κ2) is 7.05. The first-order valence-electron chi connectivity index (χ1n) is 7.74. The van der Waals surface area contributed by atoms with Crippen molar-refractivity contribution in [2.75, 3.05) is 13.6 Å².